The largest absolute Gasteiger partial charge is 0.497 e. The number of hydrogen-bond acceptors (Lipinski definition) is 4. The van der Waals surface area contributed by atoms with Crippen LogP contribution in [0.15, 0.2) is 54.6 Å². The van der Waals surface area contributed by atoms with Crippen molar-refractivity contribution >= 4 is 5.97 Å². The summed E-state index contributed by atoms with van der Waals surface area (Å²) in [5.41, 5.74) is 2.12. The Kier molecular flexibility index (Phi) is 6.82. The molecule has 0 amide bonds. The van der Waals surface area contributed by atoms with Gasteiger partial charge >= 0.3 is 5.97 Å². The maximum Gasteiger partial charge on any atom is 0.311 e. The van der Waals surface area contributed by atoms with Crippen LogP contribution in [-0.4, -0.2) is 26.3 Å². The first-order valence-corrected chi connectivity index (χ1v) is 8.00. The third kappa shape index (κ3) is 5.10. The van der Waals surface area contributed by atoms with E-state index < -0.39 is 0 Å². The zero-order valence-corrected chi connectivity index (χ0v) is 14.4. The van der Waals surface area contributed by atoms with Crippen molar-refractivity contribution in [3.63, 3.8) is 0 Å². The van der Waals surface area contributed by atoms with Crippen LogP contribution in [0, 0.1) is 5.92 Å². The fourth-order valence-electron chi connectivity index (χ4n) is 2.53. The van der Waals surface area contributed by atoms with Gasteiger partial charge in [0, 0.05) is 0 Å². The first-order chi connectivity index (χ1) is 11.6. The number of rotatable bonds is 8. The summed E-state index contributed by atoms with van der Waals surface area (Å²) in [5.74, 6) is 0.222. The molecular formula is C20H24O4. The third-order valence-electron chi connectivity index (χ3n) is 4.04. The summed E-state index contributed by atoms with van der Waals surface area (Å²) in [6.07, 6.45) is 0.344. The Hall–Kier alpha value is -2.33. The zero-order valence-electron chi connectivity index (χ0n) is 14.4. The van der Waals surface area contributed by atoms with Gasteiger partial charge in [-0.2, -0.15) is 0 Å². The second kappa shape index (κ2) is 9.08. The molecule has 1 unspecified atom stereocenters. The summed E-state index contributed by atoms with van der Waals surface area (Å²) in [5, 5.41) is 0. The van der Waals surface area contributed by atoms with Gasteiger partial charge in [-0.3, -0.25) is 4.79 Å². The number of ether oxygens (including phenoxy) is 3. The minimum Gasteiger partial charge on any atom is -0.497 e. The van der Waals surface area contributed by atoms with Crippen LogP contribution in [0.25, 0.3) is 0 Å². The highest BCUT2D eigenvalue weighted by atomic mass is 16.5. The number of esters is 1. The number of carbonyl (C=O) groups excluding carboxylic acids is 1. The molecule has 0 saturated heterocycles. The Morgan fingerprint density at radius 3 is 2.21 bits per heavy atom. The highest BCUT2D eigenvalue weighted by molar-refractivity contribution is 5.73. The van der Waals surface area contributed by atoms with Crippen molar-refractivity contribution in [3.05, 3.63) is 65.7 Å². The minimum absolute atomic E-state index is 0.249. The molecule has 0 spiro atoms. The maximum absolute atomic E-state index is 12.1. The molecule has 0 radical (unpaired) electrons. The molecule has 2 aromatic carbocycles. The molecule has 0 aliphatic rings. The second-order valence-electron chi connectivity index (χ2n) is 5.68. The van der Waals surface area contributed by atoms with Gasteiger partial charge in [-0.15, -0.1) is 0 Å². The molecule has 2 aromatic rings. The molecule has 4 nitrogen and oxygen atoms in total. The molecule has 0 saturated carbocycles. The van der Waals surface area contributed by atoms with E-state index in [1.165, 1.54) is 7.11 Å². The summed E-state index contributed by atoms with van der Waals surface area (Å²) in [6.45, 7) is 2.35. The highest BCUT2D eigenvalue weighted by Crippen LogP contribution is 2.19. The normalized spacial score (nSPS) is 13.1. The average Bonchev–Trinajstić information content (AvgIpc) is 2.64. The predicted octanol–water partition coefficient (Wildman–Crippen LogP) is 3.63. The van der Waals surface area contributed by atoms with Crippen LogP contribution in [0.3, 0.4) is 0 Å². The number of carbonyl (C=O) groups is 1. The summed E-state index contributed by atoms with van der Waals surface area (Å²) in [4.78, 5) is 12.1. The summed E-state index contributed by atoms with van der Waals surface area (Å²) in [6, 6.07) is 17.6. The van der Waals surface area contributed by atoms with Gasteiger partial charge in [-0.05, 0) is 36.6 Å². The summed E-state index contributed by atoms with van der Waals surface area (Å²) < 4.78 is 16.0. The Bertz CT molecular complexity index is 622. The Morgan fingerprint density at radius 2 is 1.62 bits per heavy atom. The zero-order chi connectivity index (χ0) is 17.4. The van der Waals surface area contributed by atoms with Crippen LogP contribution in [0.2, 0.25) is 0 Å². The molecule has 4 heteroatoms. The van der Waals surface area contributed by atoms with Gasteiger partial charge in [0.05, 0.1) is 32.8 Å². The Labute approximate surface area is 143 Å². The molecule has 128 valence electrons. The Balaban J connectivity index is 1.98. The van der Waals surface area contributed by atoms with Gasteiger partial charge < -0.3 is 14.2 Å². The highest BCUT2D eigenvalue weighted by Gasteiger charge is 2.27. The van der Waals surface area contributed by atoms with Crippen LogP contribution in [0.1, 0.15) is 18.1 Å². The van der Waals surface area contributed by atoms with E-state index in [-0.39, 0.29) is 18.0 Å². The van der Waals surface area contributed by atoms with Gasteiger partial charge in [-0.25, -0.2) is 0 Å². The fourth-order valence-corrected chi connectivity index (χ4v) is 2.53. The summed E-state index contributed by atoms with van der Waals surface area (Å²) in [7, 11) is 3.05. The molecule has 0 fully saturated rings. The number of methoxy groups -OCH3 is 2. The molecule has 0 heterocycles. The van der Waals surface area contributed by atoms with Crippen LogP contribution < -0.4 is 4.74 Å². The standard InChI is InChI=1S/C20H24O4/c1-15(24-14-17-9-11-18(22-2)12-10-17)19(20(21)23-3)13-16-7-5-4-6-8-16/h4-12,15,19H,13-14H2,1-3H3/t15?,19-/m0/s1. The van der Waals surface area contributed by atoms with E-state index in [0.29, 0.717) is 13.0 Å². The molecular weight excluding hydrogens is 304 g/mol. The minimum atomic E-state index is -0.337. The van der Waals surface area contributed by atoms with Crippen molar-refractivity contribution in [1.82, 2.24) is 0 Å². The van der Waals surface area contributed by atoms with E-state index in [1.807, 2.05) is 61.5 Å². The van der Waals surface area contributed by atoms with Crippen molar-refractivity contribution in [3.8, 4) is 5.75 Å². The molecule has 24 heavy (non-hydrogen) atoms. The SMILES string of the molecule is COC(=O)[C@@H](Cc1ccccc1)C(C)OCc1ccc(OC)cc1. The van der Waals surface area contributed by atoms with Gasteiger partial charge in [0.1, 0.15) is 5.75 Å². The lowest BCUT2D eigenvalue weighted by Crippen LogP contribution is -2.31. The van der Waals surface area contributed by atoms with Crippen LogP contribution in [-0.2, 0) is 27.3 Å². The monoisotopic (exact) mass is 328 g/mol. The molecule has 2 rings (SSSR count). The second-order valence-corrected chi connectivity index (χ2v) is 5.68. The Morgan fingerprint density at radius 1 is 0.958 bits per heavy atom. The quantitative estimate of drug-likeness (QED) is 0.694. The van der Waals surface area contributed by atoms with E-state index in [4.69, 9.17) is 14.2 Å². The van der Waals surface area contributed by atoms with E-state index in [2.05, 4.69) is 0 Å². The molecule has 2 atom stereocenters. The molecule has 0 bridgehead atoms. The van der Waals surface area contributed by atoms with Crippen molar-refractivity contribution in [2.75, 3.05) is 14.2 Å². The lowest BCUT2D eigenvalue weighted by atomic mass is 9.94. The number of benzene rings is 2. The van der Waals surface area contributed by atoms with Crippen LogP contribution >= 0.6 is 0 Å². The summed E-state index contributed by atoms with van der Waals surface area (Å²) >= 11 is 0. The van der Waals surface area contributed by atoms with Gasteiger partial charge in [-0.1, -0.05) is 42.5 Å². The van der Waals surface area contributed by atoms with Crippen molar-refractivity contribution in [2.45, 2.75) is 26.1 Å². The smallest absolute Gasteiger partial charge is 0.311 e. The lowest BCUT2D eigenvalue weighted by molar-refractivity contribution is -0.151. The topological polar surface area (TPSA) is 44.8 Å². The van der Waals surface area contributed by atoms with Crippen molar-refractivity contribution < 1.29 is 19.0 Å². The average molecular weight is 328 g/mol. The van der Waals surface area contributed by atoms with E-state index in [1.54, 1.807) is 7.11 Å². The molecule has 0 aromatic heterocycles. The molecule has 0 aliphatic heterocycles. The molecule has 0 N–H and O–H groups in total. The third-order valence-corrected chi connectivity index (χ3v) is 4.04. The van der Waals surface area contributed by atoms with E-state index in [0.717, 1.165) is 16.9 Å². The van der Waals surface area contributed by atoms with Gasteiger partial charge in [0.15, 0.2) is 0 Å². The van der Waals surface area contributed by atoms with Crippen LogP contribution in [0.4, 0.5) is 0 Å². The predicted molar refractivity (Wildman–Crippen MR) is 92.9 cm³/mol. The van der Waals surface area contributed by atoms with Gasteiger partial charge in [0.2, 0.25) is 0 Å². The first-order valence-electron chi connectivity index (χ1n) is 8.00. The van der Waals surface area contributed by atoms with Crippen LogP contribution in [0.5, 0.6) is 5.75 Å². The van der Waals surface area contributed by atoms with Crippen molar-refractivity contribution in [2.24, 2.45) is 5.92 Å². The fraction of sp³-hybridized carbons (Fsp3) is 0.350. The van der Waals surface area contributed by atoms with Crippen molar-refractivity contribution in [1.29, 1.82) is 0 Å². The number of hydrogen-bond donors (Lipinski definition) is 0. The van der Waals surface area contributed by atoms with Gasteiger partial charge in [0.25, 0.3) is 0 Å². The first kappa shape index (κ1) is 18.0. The maximum atomic E-state index is 12.1. The van der Waals surface area contributed by atoms with E-state index >= 15 is 0 Å². The van der Waals surface area contributed by atoms with E-state index in [9.17, 15) is 4.79 Å². The molecule has 0 aliphatic carbocycles. The lowest BCUT2D eigenvalue weighted by Gasteiger charge is -2.22.